The Morgan fingerprint density at radius 2 is 2.33 bits per heavy atom. The molecule has 0 aromatic rings. The van der Waals surface area contributed by atoms with Gasteiger partial charge in [-0.1, -0.05) is 0 Å². The van der Waals surface area contributed by atoms with Gasteiger partial charge in [-0.15, -0.1) is 0 Å². The van der Waals surface area contributed by atoms with Crippen molar-refractivity contribution in [2.45, 2.75) is 19.9 Å². The molecule has 1 unspecified atom stereocenters. The maximum atomic E-state index is 10.8. The fraction of sp³-hybridized carbons (Fsp3) is 0.875. The Bertz CT molecular complexity index is 173. The fourth-order valence-electron chi connectivity index (χ4n) is 1.18. The van der Waals surface area contributed by atoms with Crippen LogP contribution >= 0.6 is 0 Å². The normalized spacial score (nSPS) is 25.3. The van der Waals surface area contributed by atoms with Gasteiger partial charge in [-0.05, 0) is 13.8 Å². The minimum Gasteiger partial charge on any atom is -0.481 e. The summed E-state index contributed by atoms with van der Waals surface area (Å²) >= 11 is 0. The molecular weight excluding hydrogens is 158 g/mol. The summed E-state index contributed by atoms with van der Waals surface area (Å²) in [4.78, 5) is 10.8. The smallest absolute Gasteiger partial charge is 0.310 e. The molecule has 2 N–H and O–H groups in total. The molecule has 1 aliphatic rings. The molecule has 0 amide bonds. The second-order valence-corrected chi connectivity index (χ2v) is 3.61. The Balaban J connectivity index is 2.59. The highest BCUT2D eigenvalue weighted by Crippen LogP contribution is 2.22. The number of ether oxygens (including phenoxy) is 1. The number of nitrogens with one attached hydrogen (secondary N) is 1. The Hall–Kier alpha value is -0.610. The first-order valence-electron chi connectivity index (χ1n) is 4.09. The molecule has 0 aromatic carbocycles. The number of carbonyl (C=O) groups is 1. The quantitative estimate of drug-likeness (QED) is 0.621. The Morgan fingerprint density at radius 1 is 1.67 bits per heavy atom. The Labute approximate surface area is 71.9 Å². The van der Waals surface area contributed by atoms with Gasteiger partial charge < -0.3 is 15.2 Å². The molecule has 0 radical (unpaired) electrons. The van der Waals surface area contributed by atoms with Gasteiger partial charge in [0, 0.05) is 12.6 Å². The van der Waals surface area contributed by atoms with Crippen LogP contribution in [-0.4, -0.2) is 36.9 Å². The van der Waals surface area contributed by atoms with Crippen molar-refractivity contribution in [3.05, 3.63) is 0 Å². The summed E-state index contributed by atoms with van der Waals surface area (Å²) in [7, 11) is 0. The van der Waals surface area contributed by atoms with Crippen molar-refractivity contribution in [3.8, 4) is 0 Å². The number of morpholine rings is 1. The minimum atomic E-state index is -0.787. The summed E-state index contributed by atoms with van der Waals surface area (Å²) in [6, 6.07) is -0.0799. The van der Waals surface area contributed by atoms with Crippen molar-refractivity contribution in [2.75, 3.05) is 19.8 Å². The molecular formula is C8H15NO3. The zero-order valence-corrected chi connectivity index (χ0v) is 7.46. The number of hydrogen-bond acceptors (Lipinski definition) is 3. The van der Waals surface area contributed by atoms with E-state index in [9.17, 15) is 4.79 Å². The second kappa shape index (κ2) is 3.41. The van der Waals surface area contributed by atoms with E-state index in [-0.39, 0.29) is 6.04 Å². The molecule has 1 fully saturated rings. The average Bonchev–Trinajstić information content (AvgIpc) is 2.06. The second-order valence-electron chi connectivity index (χ2n) is 3.61. The van der Waals surface area contributed by atoms with Crippen molar-refractivity contribution in [3.63, 3.8) is 0 Å². The van der Waals surface area contributed by atoms with Crippen LogP contribution in [0.5, 0.6) is 0 Å². The van der Waals surface area contributed by atoms with E-state index in [4.69, 9.17) is 9.84 Å². The van der Waals surface area contributed by atoms with Crippen molar-refractivity contribution in [1.82, 2.24) is 5.32 Å². The lowest BCUT2D eigenvalue weighted by Gasteiger charge is -2.34. The lowest BCUT2D eigenvalue weighted by atomic mass is 9.84. The number of rotatable bonds is 2. The van der Waals surface area contributed by atoms with Gasteiger partial charge >= 0.3 is 5.97 Å². The van der Waals surface area contributed by atoms with Crippen LogP contribution in [0.15, 0.2) is 0 Å². The van der Waals surface area contributed by atoms with E-state index >= 15 is 0 Å². The summed E-state index contributed by atoms with van der Waals surface area (Å²) in [5.74, 6) is -0.787. The number of hydrogen-bond donors (Lipinski definition) is 2. The molecule has 1 atom stereocenters. The number of carboxylic acids is 1. The van der Waals surface area contributed by atoms with E-state index in [1.165, 1.54) is 0 Å². The molecule has 4 nitrogen and oxygen atoms in total. The van der Waals surface area contributed by atoms with E-state index in [1.54, 1.807) is 13.8 Å². The Morgan fingerprint density at radius 3 is 2.75 bits per heavy atom. The van der Waals surface area contributed by atoms with Crippen LogP contribution in [0.3, 0.4) is 0 Å². The van der Waals surface area contributed by atoms with Crippen molar-refractivity contribution in [2.24, 2.45) is 5.41 Å². The van der Waals surface area contributed by atoms with Crippen molar-refractivity contribution in [1.29, 1.82) is 0 Å². The topological polar surface area (TPSA) is 58.6 Å². The first kappa shape index (κ1) is 9.48. The van der Waals surface area contributed by atoms with Crippen LogP contribution in [0.25, 0.3) is 0 Å². The molecule has 0 aromatic heterocycles. The molecule has 1 aliphatic heterocycles. The van der Waals surface area contributed by atoms with Crippen LogP contribution in [0, 0.1) is 5.41 Å². The predicted octanol–water partition coefficient (Wildman–Crippen LogP) is 0.0856. The van der Waals surface area contributed by atoms with Crippen LogP contribution in [0.2, 0.25) is 0 Å². The van der Waals surface area contributed by atoms with Gasteiger partial charge in [0.25, 0.3) is 0 Å². The summed E-state index contributed by atoms with van der Waals surface area (Å²) in [6.07, 6.45) is 0. The van der Waals surface area contributed by atoms with E-state index in [2.05, 4.69) is 5.32 Å². The highest BCUT2D eigenvalue weighted by molar-refractivity contribution is 5.74. The maximum Gasteiger partial charge on any atom is 0.310 e. The standard InChI is InChI=1S/C8H15NO3/c1-8(2,7(10)11)6-5-12-4-3-9-6/h6,9H,3-5H2,1-2H3,(H,10,11). The third-order valence-electron chi connectivity index (χ3n) is 2.34. The largest absolute Gasteiger partial charge is 0.481 e. The van der Waals surface area contributed by atoms with E-state index in [1.807, 2.05) is 0 Å². The van der Waals surface area contributed by atoms with E-state index in [0.29, 0.717) is 13.2 Å². The van der Waals surface area contributed by atoms with Crippen LogP contribution < -0.4 is 5.32 Å². The third-order valence-corrected chi connectivity index (χ3v) is 2.34. The van der Waals surface area contributed by atoms with Gasteiger partial charge in [-0.3, -0.25) is 4.79 Å². The number of carboxylic acid groups (broad SMARTS) is 1. The monoisotopic (exact) mass is 173 g/mol. The highest BCUT2D eigenvalue weighted by Gasteiger charge is 2.37. The minimum absolute atomic E-state index is 0.0799. The molecule has 0 aliphatic carbocycles. The van der Waals surface area contributed by atoms with Crippen LogP contribution in [0.1, 0.15) is 13.8 Å². The lowest BCUT2D eigenvalue weighted by Crippen LogP contribution is -2.53. The van der Waals surface area contributed by atoms with Gasteiger partial charge in [0.15, 0.2) is 0 Å². The maximum absolute atomic E-state index is 10.8. The molecule has 12 heavy (non-hydrogen) atoms. The van der Waals surface area contributed by atoms with E-state index in [0.717, 1.165) is 6.54 Å². The Kier molecular flexibility index (Phi) is 2.69. The zero-order valence-electron chi connectivity index (χ0n) is 7.46. The van der Waals surface area contributed by atoms with Gasteiger partial charge in [0.1, 0.15) is 0 Å². The first-order valence-corrected chi connectivity index (χ1v) is 4.09. The van der Waals surface area contributed by atoms with Crippen LogP contribution in [0.4, 0.5) is 0 Å². The molecule has 1 rings (SSSR count). The van der Waals surface area contributed by atoms with Gasteiger partial charge in [-0.25, -0.2) is 0 Å². The first-order chi connectivity index (χ1) is 5.55. The predicted molar refractivity (Wildman–Crippen MR) is 44.0 cm³/mol. The summed E-state index contributed by atoms with van der Waals surface area (Å²) in [5.41, 5.74) is -0.750. The molecule has 1 saturated heterocycles. The molecule has 4 heteroatoms. The number of aliphatic carboxylic acids is 1. The van der Waals surface area contributed by atoms with Gasteiger partial charge in [0.05, 0.1) is 18.6 Å². The van der Waals surface area contributed by atoms with Crippen LogP contribution in [-0.2, 0) is 9.53 Å². The third kappa shape index (κ3) is 1.76. The summed E-state index contributed by atoms with van der Waals surface area (Å²) in [5, 5.41) is 12.0. The molecule has 1 heterocycles. The van der Waals surface area contributed by atoms with Gasteiger partial charge in [-0.2, -0.15) is 0 Å². The molecule has 0 bridgehead atoms. The zero-order chi connectivity index (χ0) is 9.19. The molecule has 0 saturated carbocycles. The van der Waals surface area contributed by atoms with E-state index < -0.39 is 11.4 Å². The van der Waals surface area contributed by atoms with Gasteiger partial charge in [0.2, 0.25) is 0 Å². The SMILES string of the molecule is CC(C)(C(=O)O)C1COCCN1. The van der Waals surface area contributed by atoms with Crippen molar-refractivity contribution < 1.29 is 14.6 Å². The van der Waals surface area contributed by atoms with Crippen molar-refractivity contribution >= 4 is 5.97 Å². The molecule has 0 spiro atoms. The lowest BCUT2D eigenvalue weighted by molar-refractivity contribution is -0.150. The summed E-state index contributed by atoms with van der Waals surface area (Å²) < 4.78 is 5.19. The summed E-state index contributed by atoms with van der Waals surface area (Å²) in [6.45, 7) is 5.32. The molecule has 70 valence electrons. The fourth-order valence-corrected chi connectivity index (χ4v) is 1.18. The average molecular weight is 173 g/mol. The highest BCUT2D eigenvalue weighted by atomic mass is 16.5.